The van der Waals surface area contributed by atoms with Crippen LogP contribution in [0.15, 0.2) is 30.5 Å². The molecule has 1 aromatic carbocycles. The zero-order chi connectivity index (χ0) is 15.8. The first-order valence-electron chi connectivity index (χ1n) is 8.31. The van der Waals surface area contributed by atoms with E-state index in [-0.39, 0.29) is 6.10 Å². The average molecular weight is 332 g/mol. The summed E-state index contributed by atoms with van der Waals surface area (Å²) in [4.78, 5) is 2.48. The summed E-state index contributed by atoms with van der Waals surface area (Å²) >= 11 is 5.98. The summed E-state index contributed by atoms with van der Waals surface area (Å²) in [5.41, 5.74) is 4.01. The number of halogens is 1. The van der Waals surface area contributed by atoms with E-state index in [1.54, 1.807) is 0 Å². The highest BCUT2D eigenvalue weighted by molar-refractivity contribution is 6.30. The standard InChI is InChI=1S/C18H22ClN3O/c1-21-18(14-2-3-14)15(10-20-21)11-22-8-9-23-17(12-22)13-4-6-16(19)7-5-13/h4-7,10,14,17H,2-3,8-9,11-12H2,1H3/t17-/m1/s1. The van der Waals surface area contributed by atoms with Crippen LogP contribution in [0.25, 0.3) is 0 Å². The molecular formula is C18H22ClN3O. The highest BCUT2D eigenvalue weighted by Crippen LogP contribution is 2.41. The maximum absolute atomic E-state index is 5.98. The molecule has 0 bridgehead atoms. The first kappa shape index (κ1) is 15.2. The van der Waals surface area contributed by atoms with Crippen molar-refractivity contribution in [1.82, 2.24) is 14.7 Å². The fourth-order valence-corrected chi connectivity index (χ4v) is 3.59. The smallest absolute Gasteiger partial charge is 0.0952 e. The van der Waals surface area contributed by atoms with Crippen LogP contribution in [0.2, 0.25) is 5.02 Å². The van der Waals surface area contributed by atoms with E-state index in [0.717, 1.165) is 37.2 Å². The Hall–Kier alpha value is -1.36. The second-order valence-electron chi connectivity index (χ2n) is 6.60. The summed E-state index contributed by atoms with van der Waals surface area (Å²) in [6, 6.07) is 8.00. The van der Waals surface area contributed by atoms with Crippen LogP contribution in [-0.2, 0) is 18.3 Å². The Morgan fingerprint density at radius 3 is 2.78 bits per heavy atom. The van der Waals surface area contributed by atoms with Gasteiger partial charge in [0, 0.05) is 48.9 Å². The minimum atomic E-state index is 0.127. The summed E-state index contributed by atoms with van der Waals surface area (Å²) in [6.07, 6.45) is 4.79. The highest BCUT2D eigenvalue weighted by atomic mass is 35.5. The molecule has 4 nitrogen and oxygen atoms in total. The van der Waals surface area contributed by atoms with Gasteiger partial charge in [0.05, 0.1) is 18.9 Å². The van der Waals surface area contributed by atoms with Gasteiger partial charge in [0.1, 0.15) is 0 Å². The van der Waals surface area contributed by atoms with Crippen molar-refractivity contribution in [3.05, 3.63) is 52.3 Å². The van der Waals surface area contributed by atoms with Gasteiger partial charge in [-0.2, -0.15) is 5.10 Å². The first-order chi connectivity index (χ1) is 11.2. The van der Waals surface area contributed by atoms with Crippen LogP contribution in [0, 0.1) is 0 Å². The lowest BCUT2D eigenvalue weighted by molar-refractivity contribution is -0.0330. The number of nitrogens with zero attached hydrogens (tertiary/aromatic N) is 3. The summed E-state index contributed by atoms with van der Waals surface area (Å²) in [7, 11) is 2.06. The molecule has 2 aliphatic rings. The van der Waals surface area contributed by atoms with Crippen molar-refractivity contribution in [2.24, 2.45) is 7.05 Å². The first-order valence-corrected chi connectivity index (χ1v) is 8.68. The second kappa shape index (κ2) is 6.27. The molecule has 23 heavy (non-hydrogen) atoms. The van der Waals surface area contributed by atoms with Crippen LogP contribution < -0.4 is 0 Å². The van der Waals surface area contributed by atoms with Crippen molar-refractivity contribution < 1.29 is 4.74 Å². The van der Waals surface area contributed by atoms with Crippen LogP contribution in [0.3, 0.4) is 0 Å². The molecule has 1 saturated carbocycles. The van der Waals surface area contributed by atoms with Gasteiger partial charge in [-0.1, -0.05) is 23.7 Å². The van der Waals surface area contributed by atoms with E-state index in [2.05, 4.69) is 33.9 Å². The molecule has 0 unspecified atom stereocenters. The summed E-state index contributed by atoms with van der Waals surface area (Å²) in [6.45, 7) is 3.63. The monoisotopic (exact) mass is 331 g/mol. The number of hydrogen-bond acceptors (Lipinski definition) is 3. The maximum Gasteiger partial charge on any atom is 0.0952 e. The lowest BCUT2D eigenvalue weighted by Crippen LogP contribution is -2.37. The number of rotatable bonds is 4. The molecule has 2 aromatic rings. The summed E-state index contributed by atoms with van der Waals surface area (Å²) < 4.78 is 8.02. The third kappa shape index (κ3) is 3.30. The lowest BCUT2D eigenvalue weighted by Gasteiger charge is -2.33. The number of ether oxygens (including phenoxy) is 1. The Morgan fingerprint density at radius 1 is 1.26 bits per heavy atom. The number of hydrogen-bond donors (Lipinski definition) is 0. The molecule has 1 aliphatic carbocycles. The molecule has 122 valence electrons. The van der Waals surface area contributed by atoms with Crippen LogP contribution in [-0.4, -0.2) is 34.4 Å². The quantitative estimate of drug-likeness (QED) is 0.858. The van der Waals surface area contributed by atoms with E-state index < -0.39 is 0 Å². The number of aryl methyl sites for hydroxylation is 1. The average Bonchev–Trinajstić information content (AvgIpc) is 3.33. The van der Waals surface area contributed by atoms with Gasteiger partial charge in [0.2, 0.25) is 0 Å². The molecule has 0 radical (unpaired) electrons. The van der Waals surface area contributed by atoms with Gasteiger partial charge >= 0.3 is 0 Å². The molecule has 1 saturated heterocycles. The van der Waals surface area contributed by atoms with Gasteiger partial charge < -0.3 is 4.74 Å². The largest absolute Gasteiger partial charge is 0.371 e. The van der Waals surface area contributed by atoms with Crippen molar-refractivity contribution in [3.8, 4) is 0 Å². The third-order valence-electron chi connectivity index (χ3n) is 4.81. The second-order valence-corrected chi connectivity index (χ2v) is 7.04. The minimum absolute atomic E-state index is 0.127. The Labute approximate surface area is 142 Å². The van der Waals surface area contributed by atoms with E-state index in [1.807, 2.05) is 18.3 Å². The summed E-state index contributed by atoms with van der Waals surface area (Å²) in [5.74, 6) is 0.727. The molecule has 1 atom stereocenters. The molecule has 2 fully saturated rings. The fraction of sp³-hybridized carbons (Fsp3) is 0.500. The number of morpholine rings is 1. The molecule has 1 aliphatic heterocycles. The van der Waals surface area contributed by atoms with E-state index in [9.17, 15) is 0 Å². The number of aromatic nitrogens is 2. The van der Waals surface area contributed by atoms with Gasteiger partial charge in [-0.05, 0) is 30.5 Å². The molecule has 0 N–H and O–H groups in total. The molecule has 0 spiro atoms. The molecular weight excluding hydrogens is 310 g/mol. The zero-order valence-corrected chi connectivity index (χ0v) is 14.2. The molecule has 4 rings (SSSR count). The van der Waals surface area contributed by atoms with Gasteiger partial charge in [0.25, 0.3) is 0 Å². The van der Waals surface area contributed by atoms with Crippen LogP contribution >= 0.6 is 11.6 Å². The minimum Gasteiger partial charge on any atom is -0.371 e. The van der Waals surface area contributed by atoms with Crippen molar-refractivity contribution in [2.45, 2.75) is 31.4 Å². The van der Waals surface area contributed by atoms with E-state index in [4.69, 9.17) is 16.3 Å². The van der Waals surface area contributed by atoms with Crippen molar-refractivity contribution in [1.29, 1.82) is 0 Å². The van der Waals surface area contributed by atoms with E-state index >= 15 is 0 Å². The van der Waals surface area contributed by atoms with Crippen molar-refractivity contribution in [2.75, 3.05) is 19.7 Å². The predicted molar refractivity (Wildman–Crippen MR) is 90.6 cm³/mol. The summed E-state index contributed by atoms with van der Waals surface area (Å²) in [5, 5.41) is 5.24. The van der Waals surface area contributed by atoms with Crippen LogP contribution in [0.5, 0.6) is 0 Å². The Balaban J connectivity index is 1.46. The van der Waals surface area contributed by atoms with Gasteiger partial charge in [0.15, 0.2) is 0 Å². The highest BCUT2D eigenvalue weighted by Gasteiger charge is 2.30. The lowest BCUT2D eigenvalue weighted by atomic mass is 10.1. The fourth-order valence-electron chi connectivity index (χ4n) is 3.46. The van der Waals surface area contributed by atoms with Gasteiger partial charge in [-0.15, -0.1) is 0 Å². The van der Waals surface area contributed by atoms with E-state index in [0.29, 0.717) is 0 Å². The maximum atomic E-state index is 5.98. The zero-order valence-electron chi connectivity index (χ0n) is 13.4. The van der Waals surface area contributed by atoms with E-state index in [1.165, 1.54) is 29.7 Å². The SMILES string of the molecule is Cn1ncc(CN2CCO[C@@H](c3ccc(Cl)cc3)C2)c1C1CC1. The normalized spacial score (nSPS) is 22.4. The molecule has 5 heteroatoms. The molecule has 0 amide bonds. The molecule has 1 aromatic heterocycles. The molecule has 2 heterocycles. The van der Waals surface area contributed by atoms with Crippen molar-refractivity contribution >= 4 is 11.6 Å². The van der Waals surface area contributed by atoms with Crippen LogP contribution in [0.4, 0.5) is 0 Å². The van der Waals surface area contributed by atoms with Gasteiger partial charge in [-0.25, -0.2) is 0 Å². The Kier molecular flexibility index (Phi) is 4.14. The Bertz CT molecular complexity index is 678. The third-order valence-corrected chi connectivity index (χ3v) is 5.07. The van der Waals surface area contributed by atoms with Crippen LogP contribution in [0.1, 0.15) is 41.7 Å². The topological polar surface area (TPSA) is 30.3 Å². The van der Waals surface area contributed by atoms with Crippen molar-refractivity contribution in [3.63, 3.8) is 0 Å². The van der Waals surface area contributed by atoms with Gasteiger partial charge in [-0.3, -0.25) is 9.58 Å². The number of benzene rings is 1. The predicted octanol–water partition coefficient (Wildman–Crippen LogP) is 3.52. The Morgan fingerprint density at radius 2 is 2.04 bits per heavy atom.